The Morgan fingerprint density at radius 3 is 2.68 bits per heavy atom. The Kier molecular flexibility index (Phi) is 5.48. The molecule has 5 rings (SSSR count). The van der Waals surface area contributed by atoms with E-state index in [4.69, 9.17) is 14.7 Å². The second-order valence-electron chi connectivity index (χ2n) is 7.93. The smallest absolute Gasteiger partial charge is 0.213 e. The monoisotopic (exact) mass is 414 g/mol. The number of hydrogen-bond acceptors (Lipinski definition) is 6. The molecular formula is C24H26N6O. The van der Waals surface area contributed by atoms with Crippen LogP contribution in [-0.4, -0.2) is 44.5 Å². The summed E-state index contributed by atoms with van der Waals surface area (Å²) in [5.41, 5.74) is 4.06. The highest BCUT2D eigenvalue weighted by atomic mass is 16.5. The van der Waals surface area contributed by atoms with Gasteiger partial charge >= 0.3 is 0 Å². The molecule has 0 aliphatic carbocycles. The summed E-state index contributed by atoms with van der Waals surface area (Å²) in [6, 6.07) is 12.2. The van der Waals surface area contributed by atoms with Crippen LogP contribution in [0.5, 0.6) is 5.88 Å². The molecule has 0 aromatic carbocycles. The van der Waals surface area contributed by atoms with E-state index < -0.39 is 0 Å². The fourth-order valence-corrected chi connectivity index (χ4v) is 4.09. The normalized spacial score (nSPS) is 14.2. The minimum atomic E-state index is 0.575. The van der Waals surface area contributed by atoms with Gasteiger partial charge in [0.05, 0.1) is 24.9 Å². The lowest BCUT2D eigenvalue weighted by Gasteiger charge is -2.28. The molecule has 31 heavy (non-hydrogen) atoms. The van der Waals surface area contributed by atoms with Crippen LogP contribution in [0.25, 0.3) is 5.65 Å². The maximum atomic E-state index is 5.27. The first-order valence-electron chi connectivity index (χ1n) is 10.8. The molecule has 1 saturated heterocycles. The summed E-state index contributed by atoms with van der Waals surface area (Å²) in [5.74, 6) is 2.42. The van der Waals surface area contributed by atoms with Crippen molar-refractivity contribution in [2.45, 2.75) is 32.1 Å². The molecule has 1 fully saturated rings. The topological polar surface area (TPSA) is 68.4 Å². The fourth-order valence-electron chi connectivity index (χ4n) is 4.09. The lowest BCUT2D eigenvalue weighted by atomic mass is 10.1. The van der Waals surface area contributed by atoms with E-state index in [0.717, 1.165) is 48.2 Å². The zero-order valence-electron chi connectivity index (χ0n) is 17.7. The van der Waals surface area contributed by atoms with Crippen LogP contribution in [0.4, 0.5) is 5.82 Å². The molecular weight excluding hydrogens is 388 g/mol. The minimum absolute atomic E-state index is 0.575. The number of pyridine rings is 2. The van der Waals surface area contributed by atoms with E-state index in [1.54, 1.807) is 7.11 Å². The molecule has 7 nitrogen and oxygen atoms in total. The van der Waals surface area contributed by atoms with Crippen LogP contribution in [0.2, 0.25) is 0 Å². The van der Waals surface area contributed by atoms with E-state index >= 15 is 0 Å². The Labute approximate surface area is 181 Å². The van der Waals surface area contributed by atoms with Crippen molar-refractivity contribution in [2.75, 3.05) is 25.1 Å². The Balaban J connectivity index is 1.47. The number of imidazole rings is 1. The zero-order chi connectivity index (χ0) is 21.0. The maximum absolute atomic E-state index is 5.27. The number of ether oxygens (including phenoxy) is 1. The largest absolute Gasteiger partial charge is 0.481 e. The van der Waals surface area contributed by atoms with Crippen molar-refractivity contribution in [3.05, 3.63) is 77.8 Å². The van der Waals surface area contributed by atoms with E-state index in [9.17, 15) is 0 Å². The predicted molar refractivity (Wildman–Crippen MR) is 120 cm³/mol. The lowest BCUT2D eigenvalue weighted by molar-refractivity contribution is 0.396. The van der Waals surface area contributed by atoms with Gasteiger partial charge in [-0.05, 0) is 43.0 Å². The molecule has 1 aliphatic rings. The average Bonchev–Trinajstić information content (AvgIpc) is 3.27. The number of fused-ring (bicyclic) bond motifs is 1. The van der Waals surface area contributed by atoms with E-state index in [1.165, 1.54) is 24.8 Å². The van der Waals surface area contributed by atoms with Gasteiger partial charge in [-0.15, -0.1) is 0 Å². The summed E-state index contributed by atoms with van der Waals surface area (Å²) in [5, 5.41) is 0. The first-order valence-corrected chi connectivity index (χ1v) is 10.8. The summed E-state index contributed by atoms with van der Waals surface area (Å²) in [6.07, 6.45) is 10.8. The van der Waals surface area contributed by atoms with Crippen LogP contribution < -0.4 is 9.64 Å². The fraction of sp³-hybridized carbons (Fsp3) is 0.333. The maximum Gasteiger partial charge on any atom is 0.213 e. The molecule has 0 atom stereocenters. The molecule has 158 valence electrons. The molecule has 5 heterocycles. The number of piperidine rings is 1. The van der Waals surface area contributed by atoms with Crippen molar-refractivity contribution < 1.29 is 4.74 Å². The van der Waals surface area contributed by atoms with Crippen LogP contribution in [0.15, 0.2) is 55.0 Å². The first-order chi connectivity index (χ1) is 15.3. The third-order valence-electron chi connectivity index (χ3n) is 5.67. The molecule has 4 aromatic heterocycles. The van der Waals surface area contributed by atoms with Gasteiger partial charge in [-0.25, -0.2) is 19.9 Å². The predicted octanol–water partition coefficient (Wildman–Crippen LogP) is 3.70. The second kappa shape index (κ2) is 8.71. The minimum Gasteiger partial charge on any atom is -0.481 e. The molecule has 4 aromatic rings. The van der Waals surface area contributed by atoms with Crippen LogP contribution in [0.3, 0.4) is 0 Å². The van der Waals surface area contributed by atoms with Crippen molar-refractivity contribution >= 4 is 11.5 Å². The van der Waals surface area contributed by atoms with Gasteiger partial charge in [-0.2, -0.15) is 0 Å². The first kappa shape index (κ1) is 19.5. The molecule has 0 spiro atoms. The third kappa shape index (κ3) is 4.50. The Bertz CT molecular complexity index is 1180. The zero-order valence-corrected chi connectivity index (χ0v) is 17.7. The molecule has 7 heteroatoms. The summed E-state index contributed by atoms with van der Waals surface area (Å²) in [7, 11) is 1.63. The van der Waals surface area contributed by atoms with Gasteiger partial charge < -0.3 is 14.0 Å². The van der Waals surface area contributed by atoms with Crippen molar-refractivity contribution in [2.24, 2.45) is 0 Å². The number of aromatic nitrogens is 5. The number of hydrogen-bond donors (Lipinski definition) is 0. The van der Waals surface area contributed by atoms with Crippen LogP contribution in [-0.2, 0) is 12.8 Å². The van der Waals surface area contributed by atoms with Crippen LogP contribution >= 0.6 is 0 Å². The molecule has 0 saturated carbocycles. The Hall–Kier alpha value is -3.48. The van der Waals surface area contributed by atoms with Crippen LogP contribution in [0, 0.1) is 0 Å². The van der Waals surface area contributed by atoms with Crippen LogP contribution in [0.1, 0.15) is 42.0 Å². The molecule has 0 amide bonds. The van der Waals surface area contributed by atoms with Crippen molar-refractivity contribution in [3.63, 3.8) is 0 Å². The molecule has 0 unspecified atom stereocenters. The van der Waals surface area contributed by atoms with Gasteiger partial charge in [0.2, 0.25) is 5.88 Å². The van der Waals surface area contributed by atoms with Crippen molar-refractivity contribution in [1.82, 2.24) is 24.3 Å². The van der Waals surface area contributed by atoms with E-state index in [2.05, 4.69) is 33.1 Å². The molecule has 0 radical (unpaired) electrons. The van der Waals surface area contributed by atoms with Gasteiger partial charge in [-0.3, -0.25) is 0 Å². The highest BCUT2D eigenvalue weighted by Gasteiger charge is 2.16. The lowest BCUT2D eigenvalue weighted by Crippen LogP contribution is -2.30. The number of rotatable bonds is 6. The molecule has 1 aliphatic heterocycles. The van der Waals surface area contributed by atoms with Gasteiger partial charge in [0, 0.05) is 50.2 Å². The number of methoxy groups -OCH3 is 1. The van der Waals surface area contributed by atoms with E-state index in [1.807, 2.05) is 41.2 Å². The van der Waals surface area contributed by atoms with Crippen molar-refractivity contribution in [3.8, 4) is 5.88 Å². The van der Waals surface area contributed by atoms with Gasteiger partial charge in [0.1, 0.15) is 17.3 Å². The summed E-state index contributed by atoms with van der Waals surface area (Å²) < 4.78 is 7.29. The quantitative estimate of drug-likeness (QED) is 0.479. The third-order valence-corrected chi connectivity index (χ3v) is 5.67. The average molecular weight is 415 g/mol. The van der Waals surface area contributed by atoms with Gasteiger partial charge in [0.15, 0.2) is 0 Å². The Morgan fingerprint density at radius 2 is 1.81 bits per heavy atom. The summed E-state index contributed by atoms with van der Waals surface area (Å²) in [6.45, 7) is 2.10. The standard InChI is InChI=1S/C24H26N6O/c1-31-24-7-5-6-19(27-24)16-21-26-20(17-23(28-21)29-10-3-2-4-11-29)14-18-8-12-30-13-9-25-22(30)15-18/h5-9,12-13,15,17H,2-4,10-11,14,16H2,1H3. The summed E-state index contributed by atoms with van der Waals surface area (Å²) in [4.78, 5) is 21.1. The van der Waals surface area contributed by atoms with Gasteiger partial charge in [-0.1, -0.05) is 6.07 Å². The molecule has 0 N–H and O–H groups in total. The van der Waals surface area contributed by atoms with Gasteiger partial charge in [0.25, 0.3) is 0 Å². The Morgan fingerprint density at radius 1 is 0.903 bits per heavy atom. The molecule has 0 bridgehead atoms. The van der Waals surface area contributed by atoms with E-state index in [0.29, 0.717) is 12.3 Å². The number of nitrogens with zero attached hydrogens (tertiary/aromatic N) is 6. The second-order valence-corrected chi connectivity index (χ2v) is 7.93. The number of anilines is 1. The highest BCUT2D eigenvalue weighted by molar-refractivity contribution is 5.45. The van der Waals surface area contributed by atoms with E-state index in [-0.39, 0.29) is 0 Å². The highest BCUT2D eigenvalue weighted by Crippen LogP contribution is 2.21. The summed E-state index contributed by atoms with van der Waals surface area (Å²) >= 11 is 0. The van der Waals surface area contributed by atoms with Crippen molar-refractivity contribution in [1.29, 1.82) is 0 Å². The SMILES string of the molecule is COc1cccc(Cc2nc(Cc3ccn4ccnc4c3)cc(N3CCCCC3)n2)n1.